The van der Waals surface area contributed by atoms with Crippen LogP contribution < -0.4 is 4.74 Å². The largest absolute Gasteiger partial charge is 0.496 e. The van der Waals surface area contributed by atoms with Gasteiger partial charge in [-0.2, -0.15) is 0 Å². The number of methoxy groups -OCH3 is 1. The zero-order valence-corrected chi connectivity index (χ0v) is 10.6. The number of carboxylic acid groups (broad SMARTS) is 1. The molecule has 0 heterocycles. The first kappa shape index (κ1) is 12.6. The Morgan fingerprint density at radius 1 is 1.22 bits per heavy atom. The lowest BCUT2D eigenvalue weighted by Gasteiger charge is -2.22. The fraction of sp³-hybridized carbons (Fsp3) is 0.429. The summed E-state index contributed by atoms with van der Waals surface area (Å²) in [6.07, 6.45) is 3.73. The van der Waals surface area contributed by atoms with Gasteiger partial charge in [0.05, 0.1) is 12.7 Å². The van der Waals surface area contributed by atoms with Gasteiger partial charge in [0.2, 0.25) is 0 Å². The highest BCUT2D eigenvalue weighted by Gasteiger charge is 2.27. The first-order chi connectivity index (χ1) is 8.56. The van der Waals surface area contributed by atoms with Gasteiger partial charge in [0.25, 0.3) is 5.78 Å². The molecule has 0 spiro atoms. The maximum atomic E-state index is 11.8. The van der Waals surface area contributed by atoms with Crippen molar-refractivity contribution in [2.75, 3.05) is 7.11 Å². The molecule has 4 nitrogen and oxygen atoms in total. The van der Waals surface area contributed by atoms with Crippen molar-refractivity contribution in [1.29, 1.82) is 0 Å². The van der Waals surface area contributed by atoms with Gasteiger partial charge in [0.1, 0.15) is 5.75 Å². The van der Waals surface area contributed by atoms with E-state index in [0.29, 0.717) is 5.75 Å². The normalized spacial score (nSPS) is 13.9. The summed E-state index contributed by atoms with van der Waals surface area (Å²) in [5.74, 6) is -1.92. The van der Waals surface area contributed by atoms with E-state index in [1.807, 2.05) is 6.92 Å². The Labute approximate surface area is 106 Å². The average molecular weight is 248 g/mol. The first-order valence-corrected chi connectivity index (χ1v) is 6.03. The smallest absolute Gasteiger partial charge is 0.377 e. The average Bonchev–Trinajstić information content (AvgIpc) is 2.37. The molecule has 0 aromatic heterocycles. The summed E-state index contributed by atoms with van der Waals surface area (Å²) in [7, 11) is 1.46. The SMILES string of the molecule is COc1cc(C)c2c(c1C(=O)C(=O)O)CCCC2. The Balaban J connectivity index is 2.68. The number of aryl methyl sites for hydroxylation is 1. The summed E-state index contributed by atoms with van der Waals surface area (Å²) in [6.45, 7) is 1.97. The summed E-state index contributed by atoms with van der Waals surface area (Å²) in [5.41, 5.74) is 3.30. The molecule has 1 aliphatic rings. The van der Waals surface area contributed by atoms with Crippen LogP contribution in [0, 0.1) is 6.92 Å². The highest BCUT2D eigenvalue weighted by atomic mass is 16.5. The second-order valence-corrected chi connectivity index (χ2v) is 4.57. The summed E-state index contributed by atoms with van der Waals surface area (Å²) in [4.78, 5) is 22.8. The van der Waals surface area contributed by atoms with E-state index in [2.05, 4.69) is 0 Å². The van der Waals surface area contributed by atoms with Crippen molar-refractivity contribution >= 4 is 11.8 Å². The molecule has 2 rings (SSSR count). The number of hydrogen-bond acceptors (Lipinski definition) is 3. The van der Waals surface area contributed by atoms with Crippen LogP contribution in [0.1, 0.15) is 39.9 Å². The molecule has 0 saturated carbocycles. The number of hydrogen-bond donors (Lipinski definition) is 1. The van der Waals surface area contributed by atoms with Crippen molar-refractivity contribution in [1.82, 2.24) is 0 Å². The third-order valence-electron chi connectivity index (χ3n) is 3.48. The Morgan fingerprint density at radius 3 is 2.39 bits per heavy atom. The molecule has 0 fully saturated rings. The van der Waals surface area contributed by atoms with E-state index >= 15 is 0 Å². The molecule has 0 amide bonds. The van der Waals surface area contributed by atoms with E-state index in [-0.39, 0.29) is 5.56 Å². The minimum absolute atomic E-state index is 0.241. The number of aliphatic carboxylic acids is 1. The Morgan fingerprint density at radius 2 is 1.83 bits per heavy atom. The molecule has 1 aromatic carbocycles. The van der Waals surface area contributed by atoms with Crippen molar-refractivity contribution in [3.63, 3.8) is 0 Å². The minimum atomic E-state index is -1.43. The van der Waals surface area contributed by atoms with E-state index in [1.54, 1.807) is 6.07 Å². The van der Waals surface area contributed by atoms with E-state index in [1.165, 1.54) is 7.11 Å². The Bertz CT molecular complexity index is 517. The topological polar surface area (TPSA) is 63.6 Å². The lowest BCUT2D eigenvalue weighted by molar-refractivity contribution is -0.131. The third-order valence-corrected chi connectivity index (χ3v) is 3.48. The molecular formula is C14H16O4. The predicted octanol–water partition coefficient (Wildman–Crippen LogP) is 2.15. The number of ether oxygens (including phenoxy) is 1. The van der Waals surface area contributed by atoms with Crippen LogP contribution in [0.5, 0.6) is 5.75 Å². The van der Waals surface area contributed by atoms with Gasteiger partial charge in [-0.15, -0.1) is 0 Å². The highest BCUT2D eigenvalue weighted by Crippen LogP contribution is 2.34. The van der Waals surface area contributed by atoms with E-state index in [4.69, 9.17) is 9.84 Å². The minimum Gasteiger partial charge on any atom is -0.496 e. The van der Waals surface area contributed by atoms with Crippen LogP contribution in [0.15, 0.2) is 6.07 Å². The molecule has 96 valence electrons. The van der Waals surface area contributed by atoms with Crippen molar-refractivity contribution < 1.29 is 19.4 Å². The van der Waals surface area contributed by atoms with Gasteiger partial charge in [-0.3, -0.25) is 4.79 Å². The summed E-state index contributed by atoms with van der Waals surface area (Å²) >= 11 is 0. The van der Waals surface area contributed by atoms with Gasteiger partial charge in [-0.25, -0.2) is 4.79 Å². The Kier molecular flexibility index (Phi) is 3.36. The maximum Gasteiger partial charge on any atom is 0.377 e. The molecule has 4 heteroatoms. The van der Waals surface area contributed by atoms with Gasteiger partial charge < -0.3 is 9.84 Å². The zero-order valence-electron chi connectivity index (χ0n) is 10.6. The molecule has 1 N–H and O–H groups in total. The molecule has 18 heavy (non-hydrogen) atoms. The van der Waals surface area contributed by atoms with Crippen LogP contribution in [0.4, 0.5) is 0 Å². The van der Waals surface area contributed by atoms with Crippen LogP contribution in [0.25, 0.3) is 0 Å². The lowest BCUT2D eigenvalue weighted by Crippen LogP contribution is -2.19. The van der Waals surface area contributed by atoms with E-state index < -0.39 is 11.8 Å². The van der Waals surface area contributed by atoms with Crippen LogP contribution >= 0.6 is 0 Å². The molecule has 0 aliphatic heterocycles. The van der Waals surface area contributed by atoms with Crippen LogP contribution in [0.2, 0.25) is 0 Å². The lowest BCUT2D eigenvalue weighted by atomic mass is 9.84. The standard InChI is InChI=1S/C14H16O4/c1-8-7-11(18-2)12(13(15)14(16)17)10-6-4-3-5-9(8)10/h7H,3-6H2,1-2H3,(H,16,17). The first-order valence-electron chi connectivity index (χ1n) is 6.03. The number of ketones is 1. The molecule has 0 unspecified atom stereocenters. The number of benzene rings is 1. The quantitative estimate of drug-likeness (QED) is 0.657. The summed E-state index contributed by atoms with van der Waals surface area (Å²) < 4.78 is 5.18. The molecule has 0 radical (unpaired) electrons. The van der Waals surface area contributed by atoms with Crippen molar-refractivity contribution in [3.8, 4) is 5.75 Å². The van der Waals surface area contributed by atoms with Crippen LogP contribution in [-0.2, 0) is 17.6 Å². The van der Waals surface area contributed by atoms with Gasteiger partial charge in [0, 0.05) is 0 Å². The molecule has 0 saturated heterocycles. The monoisotopic (exact) mass is 248 g/mol. The predicted molar refractivity (Wildman–Crippen MR) is 66.3 cm³/mol. The molecule has 1 aliphatic carbocycles. The number of rotatable bonds is 3. The van der Waals surface area contributed by atoms with Gasteiger partial charge >= 0.3 is 5.97 Å². The van der Waals surface area contributed by atoms with Gasteiger partial charge in [-0.05, 0) is 55.4 Å². The third kappa shape index (κ3) is 1.98. The Hall–Kier alpha value is -1.84. The van der Waals surface area contributed by atoms with Gasteiger partial charge in [0.15, 0.2) is 0 Å². The van der Waals surface area contributed by atoms with Gasteiger partial charge in [-0.1, -0.05) is 0 Å². The molecule has 0 bridgehead atoms. The summed E-state index contributed by atoms with van der Waals surface area (Å²) in [5, 5.41) is 8.92. The van der Waals surface area contributed by atoms with Crippen LogP contribution in [0.3, 0.4) is 0 Å². The zero-order chi connectivity index (χ0) is 13.3. The molecule has 1 aromatic rings. The molecular weight excluding hydrogens is 232 g/mol. The highest BCUT2D eigenvalue weighted by molar-refractivity contribution is 6.41. The fourth-order valence-corrected chi connectivity index (χ4v) is 2.64. The second-order valence-electron chi connectivity index (χ2n) is 4.57. The fourth-order valence-electron chi connectivity index (χ4n) is 2.64. The number of Topliss-reactive ketones (excluding diaryl/α,β-unsaturated/α-hetero) is 1. The van der Waals surface area contributed by atoms with Crippen molar-refractivity contribution in [2.45, 2.75) is 32.6 Å². The number of fused-ring (bicyclic) bond motifs is 1. The van der Waals surface area contributed by atoms with E-state index in [9.17, 15) is 9.59 Å². The maximum absolute atomic E-state index is 11.8. The molecule has 0 atom stereocenters. The number of carbonyl (C=O) groups is 2. The summed E-state index contributed by atoms with van der Waals surface area (Å²) in [6, 6.07) is 1.76. The van der Waals surface area contributed by atoms with Crippen molar-refractivity contribution in [2.24, 2.45) is 0 Å². The number of carboxylic acids is 1. The number of carbonyl (C=O) groups excluding carboxylic acids is 1. The van der Waals surface area contributed by atoms with Crippen LogP contribution in [-0.4, -0.2) is 24.0 Å². The van der Waals surface area contributed by atoms with Crippen molar-refractivity contribution in [3.05, 3.63) is 28.3 Å². The van der Waals surface area contributed by atoms with E-state index in [0.717, 1.165) is 42.4 Å². The second kappa shape index (κ2) is 4.80.